The molecular formula is C11H18N4O2. The molecule has 1 aliphatic heterocycles. The molecule has 3 N–H and O–H groups in total. The summed E-state index contributed by atoms with van der Waals surface area (Å²) in [5, 5.41) is 1.87. The number of hydrazine groups is 1. The van der Waals surface area contributed by atoms with Gasteiger partial charge < -0.3 is 15.0 Å². The lowest BCUT2D eigenvalue weighted by atomic mass is 10.4. The standard InChI is InChI=1S/C11H18N4O2/c1-2-14-8-9(12)7-10(14)11(16)13-15-3-5-17-6-4-15/h7-8H,2-6,12H2,1H3,(H,13,16). The Morgan fingerprint density at radius 2 is 2.24 bits per heavy atom. The minimum Gasteiger partial charge on any atom is -0.397 e. The van der Waals surface area contributed by atoms with Crippen LogP contribution in [0.5, 0.6) is 0 Å². The number of ether oxygens (including phenoxy) is 1. The van der Waals surface area contributed by atoms with Crippen LogP contribution in [-0.2, 0) is 11.3 Å². The molecule has 1 aromatic heterocycles. The average molecular weight is 238 g/mol. The summed E-state index contributed by atoms with van der Waals surface area (Å²) in [6, 6.07) is 1.69. The minimum absolute atomic E-state index is 0.120. The number of nitrogens with zero attached hydrogens (tertiary/aromatic N) is 2. The van der Waals surface area contributed by atoms with Crippen molar-refractivity contribution in [1.82, 2.24) is 15.0 Å². The summed E-state index contributed by atoms with van der Waals surface area (Å²) in [4.78, 5) is 12.0. The maximum absolute atomic E-state index is 12.0. The Bertz CT molecular complexity index is 396. The molecule has 6 nitrogen and oxygen atoms in total. The maximum atomic E-state index is 12.0. The predicted molar refractivity (Wildman–Crippen MR) is 64.4 cm³/mol. The van der Waals surface area contributed by atoms with Gasteiger partial charge in [0.25, 0.3) is 5.91 Å². The van der Waals surface area contributed by atoms with Gasteiger partial charge >= 0.3 is 0 Å². The molecule has 0 unspecified atom stereocenters. The third-order valence-corrected chi connectivity index (χ3v) is 2.76. The SMILES string of the molecule is CCn1cc(N)cc1C(=O)NN1CCOCC1. The van der Waals surface area contributed by atoms with E-state index in [1.807, 2.05) is 16.5 Å². The van der Waals surface area contributed by atoms with Crippen molar-refractivity contribution in [2.75, 3.05) is 32.0 Å². The smallest absolute Gasteiger partial charge is 0.282 e. The number of anilines is 1. The van der Waals surface area contributed by atoms with E-state index in [0.717, 1.165) is 6.54 Å². The molecule has 0 aliphatic carbocycles. The van der Waals surface area contributed by atoms with Gasteiger partial charge in [0, 0.05) is 25.8 Å². The molecule has 6 heteroatoms. The Morgan fingerprint density at radius 3 is 2.88 bits per heavy atom. The first-order valence-electron chi connectivity index (χ1n) is 5.80. The number of nitrogen functional groups attached to an aromatic ring is 1. The summed E-state index contributed by atoms with van der Waals surface area (Å²) < 4.78 is 7.06. The first kappa shape index (κ1) is 11.9. The molecule has 0 bridgehead atoms. The largest absolute Gasteiger partial charge is 0.397 e. The first-order chi connectivity index (χ1) is 8.20. The van der Waals surface area contributed by atoms with Gasteiger partial charge in [0.1, 0.15) is 5.69 Å². The second kappa shape index (κ2) is 5.20. The van der Waals surface area contributed by atoms with Crippen molar-refractivity contribution in [2.24, 2.45) is 0 Å². The number of hydrogen-bond donors (Lipinski definition) is 2. The molecule has 0 radical (unpaired) electrons. The lowest BCUT2D eigenvalue weighted by molar-refractivity contribution is 0.0123. The van der Waals surface area contributed by atoms with Crippen LogP contribution in [0.1, 0.15) is 17.4 Å². The maximum Gasteiger partial charge on any atom is 0.282 e. The van der Waals surface area contributed by atoms with Crippen LogP contribution in [0.15, 0.2) is 12.3 Å². The first-order valence-corrected chi connectivity index (χ1v) is 5.80. The van der Waals surface area contributed by atoms with Crippen LogP contribution < -0.4 is 11.2 Å². The van der Waals surface area contributed by atoms with Crippen molar-refractivity contribution >= 4 is 11.6 Å². The van der Waals surface area contributed by atoms with Gasteiger partial charge in [0.2, 0.25) is 0 Å². The predicted octanol–water partition coefficient (Wildman–Crippen LogP) is 0.0672. The number of morpholine rings is 1. The summed E-state index contributed by atoms with van der Waals surface area (Å²) >= 11 is 0. The van der Waals surface area contributed by atoms with E-state index in [1.54, 1.807) is 12.3 Å². The Labute approximate surface area is 100 Å². The van der Waals surface area contributed by atoms with Crippen LogP contribution in [0.25, 0.3) is 0 Å². The highest BCUT2D eigenvalue weighted by molar-refractivity contribution is 5.93. The minimum atomic E-state index is -0.120. The second-order valence-corrected chi connectivity index (χ2v) is 3.99. The molecule has 1 aromatic rings. The van der Waals surface area contributed by atoms with Gasteiger partial charge in [-0.2, -0.15) is 0 Å². The number of aryl methyl sites for hydroxylation is 1. The molecule has 17 heavy (non-hydrogen) atoms. The lowest BCUT2D eigenvalue weighted by Crippen LogP contribution is -2.48. The summed E-state index contributed by atoms with van der Waals surface area (Å²) in [5.41, 5.74) is 9.76. The number of rotatable bonds is 3. The van der Waals surface area contributed by atoms with Crippen LogP contribution >= 0.6 is 0 Å². The van der Waals surface area contributed by atoms with Crippen LogP contribution in [0.4, 0.5) is 5.69 Å². The summed E-state index contributed by atoms with van der Waals surface area (Å²) in [5.74, 6) is -0.120. The fourth-order valence-corrected chi connectivity index (χ4v) is 1.86. The monoisotopic (exact) mass is 238 g/mol. The van der Waals surface area contributed by atoms with Crippen LogP contribution in [0, 0.1) is 0 Å². The Morgan fingerprint density at radius 1 is 1.53 bits per heavy atom. The van der Waals surface area contributed by atoms with Gasteiger partial charge in [-0.05, 0) is 13.0 Å². The van der Waals surface area contributed by atoms with Crippen molar-refractivity contribution in [3.05, 3.63) is 18.0 Å². The third kappa shape index (κ3) is 2.78. The summed E-state index contributed by atoms with van der Waals surface area (Å²) in [7, 11) is 0. The number of hydrogen-bond acceptors (Lipinski definition) is 4. The van der Waals surface area contributed by atoms with Gasteiger partial charge in [-0.15, -0.1) is 0 Å². The number of amides is 1. The van der Waals surface area contributed by atoms with Crippen molar-refractivity contribution < 1.29 is 9.53 Å². The van der Waals surface area contributed by atoms with E-state index in [4.69, 9.17) is 10.5 Å². The molecule has 1 saturated heterocycles. The van der Waals surface area contributed by atoms with Gasteiger partial charge in [-0.25, -0.2) is 5.01 Å². The number of nitrogens with two attached hydrogens (primary N) is 1. The molecule has 1 amide bonds. The normalized spacial score (nSPS) is 17.0. The Balaban J connectivity index is 2.02. The highest BCUT2D eigenvalue weighted by Gasteiger charge is 2.17. The summed E-state index contributed by atoms with van der Waals surface area (Å²) in [6.07, 6.45) is 1.77. The van der Waals surface area contributed by atoms with Gasteiger partial charge in [-0.3, -0.25) is 10.2 Å². The molecule has 1 fully saturated rings. The topological polar surface area (TPSA) is 72.5 Å². The zero-order chi connectivity index (χ0) is 12.3. The highest BCUT2D eigenvalue weighted by Crippen LogP contribution is 2.10. The van der Waals surface area contributed by atoms with E-state index < -0.39 is 0 Å². The molecule has 0 saturated carbocycles. The van der Waals surface area contributed by atoms with E-state index in [2.05, 4.69) is 5.43 Å². The molecule has 0 atom stereocenters. The van der Waals surface area contributed by atoms with E-state index in [1.165, 1.54) is 0 Å². The fourth-order valence-electron chi connectivity index (χ4n) is 1.86. The van der Waals surface area contributed by atoms with Gasteiger partial charge in [0.15, 0.2) is 0 Å². The van der Waals surface area contributed by atoms with E-state index in [0.29, 0.717) is 37.7 Å². The quantitative estimate of drug-likeness (QED) is 0.781. The molecule has 94 valence electrons. The number of carbonyl (C=O) groups is 1. The third-order valence-electron chi connectivity index (χ3n) is 2.76. The van der Waals surface area contributed by atoms with Crippen molar-refractivity contribution in [3.63, 3.8) is 0 Å². The van der Waals surface area contributed by atoms with Crippen molar-refractivity contribution in [2.45, 2.75) is 13.5 Å². The lowest BCUT2D eigenvalue weighted by Gasteiger charge is -2.27. The van der Waals surface area contributed by atoms with E-state index >= 15 is 0 Å². The van der Waals surface area contributed by atoms with Crippen molar-refractivity contribution in [3.8, 4) is 0 Å². The molecule has 0 aromatic carbocycles. The highest BCUT2D eigenvalue weighted by atomic mass is 16.5. The van der Waals surface area contributed by atoms with Crippen LogP contribution in [-0.4, -0.2) is 41.8 Å². The van der Waals surface area contributed by atoms with Crippen molar-refractivity contribution in [1.29, 1.82) is 0 Å². The summed E-state index contributed by atoms with van der Waals surface area (Å²) in [6.45, 7) is 5.44. The Hall–Kier alpha value is -1.53. The van der Waals surface area contributed by atoms with Gasteiger partial charge in [0.05, 0.1) is 18.9 Å². The number of aromatic nitrogens is 1. The zero-order valence-corrected chi connectivity index (χ0v) is 9.98. The average Bonchev–Trinajstić information content (AvgIpc) is 2.72. The van der Waals surface area contributed by atoms with Gasteiger partial charge in [-0.1, -0.05) is 0 Å². The van der Waals surface area contributed by atoms with Crippen LogP contribution in [0.2, 0.25) is 0 Å². The fraction of sp³-hybridized carbons (Fsp3) is 0.545. The number of carbonyl (C=O) groups excluding carboxylic acids is 1. The van der Waals surface area contributed by atoms with Crippen LogP contribution in [0.3, 0.4) is 0 Å². The molecule has 1 aliphatic rings. The molecule has 2 rings (SSSR count). The molecule has 0 spiro atoms. The number of nitrogens with one attached hydrogen (secondary N) is 1. The second-order valence-electron chi connectivity index (χ2n) is 3.99. The van der Waals surface area contributed by atoms with E-state index in [9.17, 15) is 4.79 Å². The zero-order valence-electron chi connectivity index (χ0n) is 9.98. The molecular weight excluding hydrogens is 220 g/mol. The molecule has 2 heterocycles. The Kier molecular flexibility index (Phi) is 3.65. The van der Waals surface area contributed by atoms with E-state index in [-0.39, 0.29) is 5.91 Å².